The summed E-state index contributed by atoms with van der Waals surface area (Å²) in [6.07, 6.45) is 1.12. The average Bonchev–Trinajstić information content (AvgIpc) is 2.51. The van der Waals surface area contributed by atoms with E-state index >= 15 is 0 Å². The van der Waals surface area contributed by atoms with Gasteiger partial charge in [-0.3, -0.25) is 15.4 Å². The number of halogens is 2. The Labute approximate surface area is 140 Å². The van der Waals surface area contributed by atoms with Crippen LogP contribution in [0.2, 0.25) is 5.28 Å². The van der Waals surface area contributed by atoms with Crippen molar-refractivity contribution >= 4 is 44.7 Å². The lowest BCUT2D eigenvalue weighted by Crippen LogP contribution is -2.34. The van der Waals surface area contributed by atoms with Gasteiger partial charge >= 0.3 is 16.8 Å². The van der Waals surface area contributed by atoms with Crippen molar-refractivity contribution in [1.29, 1.82) is 0 Å². The Morgan fingerprint density at radius 2 is 2.14 bits per heavy atom. The first kappa shape index (κ1) is 16.4. The number of hydrogen-bond donors (Lipinski definition) is 1. The lowest BCUT2D eigenvalue weighted by molar-refractivity contribution is -0.660. The Bertz CT molecular complexity index is 682. The van der Waals surface area contributed by atoms with Crippen LogP contribution < -0.4 is 14.6 Å². The minimum atomic E-state index is -0.515. The Balaban J connectivity index is 2.26. The molecule has 1 aromatic heterocycles. The molecule has 2 rings (SSSR count). The highest BCUT2D eigenvalue weighted by Gasteiger charge is 2.25. The zero-order valence-electron chi connectivity index (χ0n) is 11.6. The summed E-state index contributed by atoms with van der Waals surface area (Å²) in [5.74, 6) is 0.968. The number of nitrogens with one attached hydrogen (secondary N) is 1. The van der Waals surface area contributed by atoms with Crippen molar-refractivity contribution in [2.75, 3.05) is 17.3 Å². The molecule has 0 bridgehead atoms. The van der Waals surface area contributed by atoms with Crippen molar-refractivity contribution in [2.24, 2.45) is 7.05 Å². The maximum Gasteiger partial charge on any atom is 0.375 e. The second kappa shape index (κ2) is 7.37. The number of rotatable bonds is 6. The van der Waals surface area contributed by atoms with E-state index in [0.717, 1.165) is 17.3 Å². The van der Waals surface area contributed by atoms with E-state index in [1.807, 2.05) is 0 Å². The highest BCUT2D eigenvalue weighted by atomic mass is 79.9. The van der Waals surface area contributed by atoms with E-state index in [-0.39, 0.29) is 16.8 Å². The Morgan fingerprint density at radius 1 is 1.45 bits per heavy atom. The summed E-state index contributed by atoms with van der Waals surface area (Å²) in [5.41, 5.74) is 0.513. The first-order chi connectivity index (χ1) is 10.5. The third-order valence-corrected chi connectivity index (χ3v) is 3.48. The number of alkyl halides is 1. The molecular weight excluding hydrogens is 376 g/mol. The van der Waals surface area contributed by atoms with Crippen LogP contribution in [0.25, 0.3) is 0 Å². The molecular formula is C13H13BrClN4O3+. The van der Waals surface area contributed by atoms with Crippen molar-refractivity contribution < 1.29 is 14.2 Å². The maximum absolute atomic E-state index is 11.1. The van der Waals surface area contributed by atoms with E-state index in [4.69, 9.17) is 16.3 Å². The van der Waals surface area contributed by atoms with E-state index in [0.29, 0.717) is 12.3 Å². The van der Waals surface area contributed by atoms with Crippen LogP contribution in [-0.4, -0.2) is 21.8 Å². The first-order valence-corrected chi connectivity index (χ1v) is 7.77. The van der Waals surface area contributed by atoms with Gasteiger partial charge in [-0.2, -0.15) is 0 Å². The van der Waals surface area contributed by atoms with E-state index in [1.54, 1.807) is 31.3 Å². The highest BCUT2D eigenvalue weighted by Crippen LogP contribution is 2.25. The van der Waals surface area contributed by atoms with Crippen molar-refractivity contribution in [1.82, 2.24) is 4.98 Å². The molecule has 9 heteroatoms. The molecule has 0 saturated heterocycles. The lowest BCUT2D eigenvalue weighted by Gasteiger charge is -2.07. The topological polar surface area (TPSA) is 81.2 Å². The van der Waals surface area contributed by atoms with Crippen molar-refractivity contribution in [3.05, 3.63) is 45.9 Å². The summed E-state index contributed by atoms with van der Waals surface area (Å²) < 4.78 is 6.86. The van der Waals surface area contributed by atoms with Gasteiger partial charge in [0.05, 0.1) is 24.3 Å². The number of nitrogens with zero attached hydrogens (tertiary/aromatic N) is 3. The molecule has 0 aliphatic heterocycles. The average molecular weight is 389 g/mol. The largest absolute Gasteiger partial charge is 0.493 e. The van der Waals surface area contributed by atoms with Crippen LogP contribution in [0.1, 0.15) is 0 Å². The van der Waals surface area contributed by atoms with Gasteiger partial charge < -0.3 is 4.74 Å². The SMILES string of the molecule is C[n+]1c(Cl)ncc([N+](=O)[O-])c1Nc1ccc(OCCBr)cc1. The minimum absolute atomic E-state index is 0.144. The van der Waals surface area contributed by atoms with Crippen LogP contribution in [-0.2, 0) is 7.05 Å². The van der Waals surface area contributed by atoms with Crippen molar-refractivity contribution in [3.63, 3.8) is 0 Å². The standard InChI is InChI=1S/C13H12BrClN4O3/c1-18-12(11(19(20)21)8-16-13(18)15)17-9-2-4-10(5-3-9)22-7-6-14/h2-5,8H,6-7H2,1H3/p+1. The number of aromatic nitrogens is 2. The van der Waals surface area contributed by atoms with Crippen LogP contribution in [0.15, 0.2) is 30.5 Å². The Kier molecular flexibility index (Phi) is 5.51. The highest BCUT2D eigenvalue weighted by molar-refractivity contribution is 9.09. The third-order valence-electron chi connectivity index (χ3n) is 2.81. The summed E-state index contributed by atoms with van der Waals surface area (Å²) in [5, 5.41) is 15.0. The van der Waals surface area contributed by atoms with Gasteiger partial charge in [0.2, 0.25) is 0 Å². The molecule has 7 nitrogen and oxygen atoms in total. The second-order valence-corrected chi connectivity index (χ2v) is 5.40. The molecule has 22 heavy (non-hydrogen) atoms. The number of ether oxygens (including phenoxy) is 1. The van der Waals surface area contributed by atoms with Gasteiger partial charge in [0, 0.05) is 5.33 Å². The Hall–Kier alpha value is -1.93. The molecule has 1 aromatic carbocycles. The molecule has 0 fully saturated rings. The fourth-order valence-corrected chi connectivity index (χ4v) is 2.03. The lowest BCUT2D eigenvalue weighted by atomic mass is 10.3. The van der Waals surface area contributed by atoms with E-state index in [1.165, 1.54) is 4.57 Å². The van der Waals surface area contributed by atoms with Crippen LogP contribution in [0.3, 0.4) is 0 Å². The smallest absolute Gasteiger partial charge is 0.375 e. The quantitative estimate of drug-likeness (QED) is 0.270. The summed E-state index contributed by atoms with van der Waals surface area (Å²) in [7, 11) is 1.60. The fourth-order valence-electron chi connectivity index (χ4n) is 1.74. The number of benzene rings is 1. The van der Waals surface area contributed by atoms with Gasteiger partial charge in [0.15, 0.2) is 6.20 Å². The predicted octanol–water partition coefficient (Wildman–Crippen LogP) is 2.99. The van der Waals surface area contributed by atoms with Gasteiger partial charge in [0.25, 0.3) is 0 Å². The molecule has 0 amide bonds. The molecule has 0 saturated carbocycles. The summed E-state index contributed by atoms with van der Waals surface area (Å²) in [6.45, 7) is 0.563. The summed E-state index contributed by atoms with van der Waals surface area (Å²) >= 11 is 9.18. The molecule has 0 radical (unpaired) electrons. The monoisotopic (exact) mass is 387 g/mol. The normalized spacial score (nSPS) is 10.3. The molecule has 0 spiro atoms. The molecule has 0 atom stereocenters. The first-order valence-electron chi connectivity index (χ1n) is 6.27. The predicted molar refractivity (Wildman–Crippen MR) is 86.1 cm³/mol. The summed E-state index contributed by atoms with van der Waals surface area (Å²) in [6, 6.07) is 7.09. The van der Waals surface area contributed by atoms with E-state index in [9.17, 15) is 10.1 Å². The number of nitro groups is 1. The van der Waals surface area contributed by atoms with E-state index in [2.05, 4.69) is 26.2 Å². The Morgan fingerprint density at radius 3 is 2.73 bits per heavy atom. The van der Waals surface area contributed by atoms with Crippen LogP contribution in [0, 0.1) is 10.1 Å². The molecule has 2 aromatic rings. The molecule has 1 N–H and O–H groups in total. The third kappa shape index (κ3) is 3.83. The number of hydrogen-bond acceptors (Lipinski definition) is 5. The van der Waals surface area contributed by atoms with Crippen LogP contribution >= 0.6 is 27.5 Å². The van der Waals surface area contributed by atoms with Gasteiger partial charge in [-0.25, -0.2) is 4.57 Å². The molecule has 0 aliphatic carbocycles. The summed E-state index contributed by atoms with van der Waals surface area (Å²) in [4.78, 5) is 14.4. The molecule has 0 unspecified atom stereocenters. The minimum Gasteiger partial charge on any atom is -0.493 e. The zero-order valence-corrected chi connectivity index (χ0v) is 14.0. The molecule has 116 valence electrons. The van der Waals surface area contributed by atoms with Gasteiger partial charge in [-0.15, -0.1) is 0 Å². The van der Waals surface area contributed by atoms with Gasteiger partial charge in [0.1, 0.15) is 5.75 Å². The molecule has 0 aliphatic rings. The maximum atomic E-state index is 11.1. The fraction of sp³-hybridized carbons (Fsp3) is 0.231. The van der Waals surface area contributed by atoms with E-state index < -0.39 is 4.92 Å². The van der Waals surface area contributed by atoms with Gasteiger partial charge in [-0.1, -0.05) is 20.9 Å². The molecule has 1 heterocycles. The zero-order chi connectivity index (χ0) is 16.1. The van der Waals surface area contributed by atoms with Crippen molar-refractivity contribution in [2.45, 2.75) is 0 Å². The van der Waals surface area contributed by atoms with Crippen LogP contribution in [0.5, 0.6) is 5.75 Å². The van der Waals surface area contributed by atoms with Gasteiger partial charge in [-0.05, 0) is 35.9 Å². The van der Waals surface area contributed by atoms with Crippen molar-refractivity contribution in [3.8, 4) is 5.75 Å². The van der Waals surface area contributed by atoms with Crippen LogP contribution in [0.4, 0.5) is 17.2 Å². The number of anilines is 2. The second-order valence-electron chi connectivity index (χ2n) is 4.26.